The lowest BCUT2D eigenvalue weighted by Gasteiger charge is -2.72. The molecule has 4 nitrogen and oxygen atoms in total. The Kier molecular flexibility index (Phi) is 6.56. The van der Waals surface area contributed by atoms with Crippen LogP contribution >= 0.6 is 0 Å². The highest BCUT2D eigenvalue weighted by atomic mass is 16.5. The Morgan fingerprint density at radius 2 is 1.39 bits per heavy atom. The molecule has 4 heteroatoms. The van der Waals surface area contributed by atoms with E-state index in [1.54, 1.807) is 19.4 Å². The molecule has 0 amide bonds. The third-order valence-corrected chi connectivity index (χ3v) is 14.0. The molecule has 4 saturated carbocycles. The van der Waals surface area contributed by atoms with Gasteiger partial charge in [-0.1, -0.05) is 67.0 Å². The zero-order valence-electron chi connectivity index (χ0n) is 25.9. The number of esters is 2. The first-order valence-electron chi connectivity index (χ1n) is 15.6. The molecule has 3 unspecified atom stereocenters. The summed E-state index contributed by atoms with van der Waals surface area (Å²) in [6.07, 6.45) is 11.5. The first-order chi connectivity index (χ1) is 17.5. The van der Waals surface area contributed by atoms with Crippen LogP contribution in [0.4, 0.5) is 0 Å². The van der Waals surface area contributed by atoms with E-state index in [0.717, 1.165) is 32.1 Å². The maximum atomic E-state index is 12.4. The maximum Gasteiger partial charge on any atom is 0.302 e. The Balaban J connectivity index is 1.59. The van der Waals surface area contributed by atoms with E-state index in [-0.39, 0.29) is 51.2 Å². The molecular weight excluding hydrogens is 472 g/mol. The monoisotopic (exact) mass is 526 g/mol. The Hall–Kier alpha value is -1.32. The van der Waals surface area contributed by atoms with Gasteiger partial charge in [-0.05, 0) is 97.2 Å². The van der Waals surface area contributed by atoms with E-state index < -0.39 is 0 Å². The van der Waals surface area contributed by atoms with Crippen LogP contribution in [-0.4, -0.2) is 24.1 Å². The third-order valence-electron chi connectivity index (χ3n) is 14.0. The number of ether oxygens (including phenoxy) is 2. The van der Waals surface area contributed by atoms with Gasteiger partial charge in [-0.25, -0.2) is 0 Å². The third kappa shape index (κ3) is 3.66. The van der Waals surface area contributed by atoms with Gasteiger partial charge in [-0.2, -0.15) is 0 Å². The van der Waals surface area contributed by atoms with E-state index in [9.17, 15) is 9.59 Å². The molecule has 0 bridgehead atoms. The van der Waals surface area contributed by atoms with Crippen LogP contribution in [0.1, 0.15) is 121 Å². The Morgan fingerprint density at radius 3 is 2.03 bits per heavy atom. The van der Waals surface area contributed by atoms with Crippen molar-refractivity contribution in [3.05, 3.63) is 11.6 Å². The van der Waals surface area contributed by atoms with Crippen LogP contribution < -0.4 is 0 Å². The lowest BCUT2D eigenvalue weighted by atomic mass is 9.33. The van der Waals surface area contributed by atoms with Crippen molar-refractivity contribution in [1.29, 1.82) is 0 Å². The molecule has 0 radical (unpaired) electrons. The quantitative estimate of drug-likeness (QED) is 0.269. The lowest BCUT2D eigenvalue weighted by Crippen LogP contribution is -2.67. The minimum Gasteiger partial charge on any atom is -0.462 e. The van der Waals surface area contributed by atoms with E-state index in [1.807, 2.05) is 0 Å². The summed E-state index contributed by atoms with van der Waals surface area (Å²) in [6.45, 7) is 22.9. The van der Waals surface area contributed by atoms with Gasteiger partial charge in [0.05, 0.1) is 0 Å². The molecule has 0 N–H and O–H groups in total. The van der Waals surface area contributed by atoms with Gasteiger partial charge in [0.25, 0.3) is 0 Å². The second-order valence-corrected chi connectivity index (χ2v) is 15.9. The Bertz CT molecular complexity index is 1030. The number of hydrogen-bond donors (Lipinski definition) is 0. The van der Waals surface area contributed by atoms with Crippen LogP contribution in [0.2, 0.25) is 0 Å². The first kappa shape index (κ1) is 28.2. The van der Waals surface area contributed by atoms with Crippen molar-refractivity contribution < 1.29 is 19.1 Å². The van der Waals surface area contributed by atoms with Crippen LogP contribution in [0.15, 0.2) is 11.6 Å². The molecule has 4 fully saturated rings. The predicted octanol–water partition coefficient (Wildman–Crippen LogP) is 8.14. The fraction of sp³-hybridized carbons (Fsp3) is 0.882. The Morgan fingerprint density at radius 1 is 0.789 bits per heavy atom. The fourth-order valence-electron chi connectivity index (χ4n) is 11.6. The molecule has 0 spiro atoms. The van der Waals surface area contributed by atoms with Crippen molar-refractivity contribution in [2.24, 2.45) is 56.7 Å². The largest absolute Gasteiger partial charge is 0.462 e. The Labute approximate surface area is 232 Å². The summed E-state index contributed by atoms with van der Waals surface area (Å²) in [5.41, 5.74) is 2.02. The average Bonchev–Trinajstić information content (AvgIpc) is 2.79. The molecule has 5 rings (SSSR count). The summed E-state index contributed by atoms with van der Waals surface area (Å²) in [5.74, 6) is 2.55. The number of fused-ring (bicyclic) bond motifs is 7. The first-order valence-corrected chi connectivity index (χ1v) is 15.6. The second-order valence-electron chi connectivity index (χ2n) is 15.9. The summed E-state index contributed by atoms with van der Waals surface area (Å²) in [7, 11) is 0. The molecule has 0 aromatic carbocycles. The van der Waals surface area contributed by atoms with Crippen molar-refractivity contribution in [3.63, 3.8) is 0 Å². The van der Waals surface area contributed by atoms with Gasteiger partial charge in [0, 0.05) is 24.7 Å². The highest BCUT2D eigenvalue weighted by Crippen LogP contribution is 2.76. The van der Waals surface area contributed by atoms with Gasteiger partial charge in [0.2, 0.25) is 0 Å². The molecule has 38 heavy (non-hydrogen) atoms. The van der Waals surface area contributed by atoms with Crippen LogP contribution in [0.25, 0.3) is 0 Å². The summed E-state index contributed by atoms with van der Waals surface area (Å²) in [4.78, 5) is 24.4. The fourth-order valence-corrected chi connectivity index (χ4v) is 11.6. The SMILES string of the molecule is CC(=O)O[C@H]1C[C@]2(C)C(=CCC3[C@@]4(C)CC[C@@H](OC(C)=O)C(C)(C)C4CC[C@]32C)C2[C@@H](C)[C@H](C)CC[C@@]21C. The average molecular weight is 527 g/mol. The predicted molar refractivity (Wildman–Crippen MR) is 151 cm³/mol. The van der Waals surface area contributed by atoms with Gasteiger partial charge in [0.15, 0.2) is 0 Å². The minimum absolute atomic E-state index is 0.000947. The number of carbonyl (C=O) groups excluding carboxylic acids is 2. The van der Waals surface area contributed by atoms with Crippen molar-refractivity contribution >= 4 is 11.9 Å². The summed E-state index contributed by atoms with van der Waals surface area (Å²) >= 11 is 0. The molecule has 5 aliphatic rings. The summed E-state index contributed by atoms with van der Waals surface area (Å²) in [6, 6.07) is 0. The second kappa shape index (κ2) is 8.84. The molecule has 214 valence electrons. The smallest absolute Gasteiger partial charge is 0.302 e. The standard InChI is InChI=1S/C34H54O4/c1-20-13-16-32(8)28(38-23(4)36)19-34(10)24(29(32)21(20)2)11-12-26-31(7)17-15-27(37-22(3)35)30(5,6)25(31)14-18-33(26,34)9/h11,20-21,25-29H,12-19H2,1-10H3/t20-,21+,25?,26?,27-,28+,29?,31+,32-,33-,34-/m1/s1. The molecular formula is C34H54O4. The van der Waals surface area contributed by atoms with Gasteiger partial charge in [0.1, 0.15) is 12.2 Å². The molecule has 0 aliphatic heterocycles. The maximum absolute atomic E-state index is 12.4. The normalized spacial score (nSPS) is 51.3. The molecule has 0 heterocycles. The molecule has 0 aromatic rings. The topological polar surface area (TPSA) is 52.6 Å². The van der Waals surface area contributed by atoms with E-state index in [4.69, 9.17) is 9.47 Å². The molecule has 0 aromatic heterocycles. The van der Waals surface area contributed by atoms with Crippen LogP contribution in [0, 0.1) is 56.7 Å². The van der Waals surface area contributed by atoms with E-state index in [1.165, 1.54) is 19.3 Å². The minimum atomic E-state index is -0.150. The number of allylic oxidation sites excluding steroid dienone is 2. The summed E-state index contributed by atoms with van der Waals surface area (Å²) in [5, 5.41) is 0. The lowest BCUT2D eigenvalue weighted by molar-refractivity contribution is -0.224. The van der Waals surface area contributed by atoms with Crippen LogP contribution in [-0.2, 0) is 19.1 Å². The summed E-state index contributed by atoms with van der Waals surface area (Å²) < 4.78 is 12.2. The zero-order chi connectivity index (χ0) is 28.1. The number of hydrogen-bond acceptors (Lipinski definition) is 4. The van der Waals surface area contributed by atoms with E-state index in [2.05, 4.69) is 61.5 Å². The highest BCUT2D eigenvalue weighted by Gasteiger charge is 2.70. The van der Waals surface area contributed by atoms with Crippen molar-refractivity contribution in [2.45, 2.75) is 133 Å². The van der Waals surface area contributed by atoms with Crippen LogP contribution in [0.5, 0.6) is 0 Å². The van der Waals surface area contributed by atoms with Crippen molar-refractivity contribution in [3.8, 4) is 0 Å². The molecule has 0 saturated heterocycles. The van der Waals surface area contributed by atoms with Crippen molar-refractivity contribution in [1.82, 2.24) is 0 Å². The van der Waals surface area contributed by atoms with E-state index >= 15 is 0 Å². The zero-order valence-corrected chi connectivity index (χ0v) is 25.9. The highest BCUT2D eigenvalue weighted by molar-refractivity contribution is 5.66. The van der Waals surface area contributed by atoms with Crippen molar-refractivity contribution in [2.75, 3.05) is 0 Å². The molecule has 5 aliphatic carbocycles. The van der Waals surface area contributed by atoms with E-state index in [0.29, 0.717) is 29.6 Å². The van der Waals surface area contributed by atoms with Gasteiger partial charge < -0.3 is 9.47 Å². The number of carbonyl (C=O) groups is 2. The van der Waals surface area contributed by atoms with Gasteiger partial charge in [-0.15, -0.1) is 0 Å². The molecule has 11 atom stereocenters. The number of rotatable bonds is 2. The van der Waals surface area contributed by atoms with Gasteiger partial charge in [-0.3, -0.25) is 9.59 Å². The van der Waals surface area contributed by atoms with Gasteiger partial charge >= 0.3 is 11.9 Å². The van der Waals surface area contributed by atoms with Crippen LogP contribution in [0.3, 0.4) is 0 Å².